The van der Waals surface area contributed by atoms with Crippen molar-refractivity contribution in [1.82, 2.24) is 10.6 Å². The van der Waals surface area contributed by atoms with Gasteiger partial charge in [-0.15, -0.1) is 0 Å². The van der Waals surface area contributed by atoms with Crippen LogP contribution in [0.4, 0.5) is 4.79 Å². The molecule has 0 aliphatic heterocycles. The van der Waals surface area contributed by atoms with Crippen molar-refractivity contribution in [2.24, 2.45) is 5.92 Å². The number of hydrogen-bond donors (Lipinski definition) is 3. The summed E-state index contributed by atoms with van der Waals surface area (Å²) in [4.78, 5) is 22.7. The van der Waals surface area contributed by atoms with Gasteiger partial charge in [-0.2, -0.15) is 0 Å². The fourth-order valence-electron chi connectivity index (χ4n) is 2.17. The molecule has 0 radical (unpaired) electrons. The number of carboxylic acids is 1. The van der Waals surface area contributed by atoms with Gasteiger partial charge in [-0.1, -0.05) is 13.3 Å². The van der Waals surface area contributed by atoms with Gasteiger partial charge < -0.3 is 20.5 Å². The zero-order chi connectivity index (χ0) is 14.3. The number of carbonyl (C=O) groups is 2. The number of urea groups is 1. The van der Waals surface area contributed by atoms with Gasteiger partial charge in [0.15, 0.2) is 0 Å². The summed E-state index contributed by atoms with van der Waals surface area (Å²) in [6, 6.07) is -1.01. The van der Waals surface area contributed by atoms with Gasteiger partial charge in [0.2, 0.25) is 0 Å². The van der Waals surface area contributed by atoms with Gasteiger partial charge in [0.25, 0.3) is 0 Å². The molecule has 2 amide bonds. The summed E-state index contributed by atoms with van der Waals surface area (Å²) >= 11 is 0. The number of rotatable bonds is 9. The van der Waals surface area contributed by atoms with E-state index in [9.17, 15) is 9.59 Å². The predicted molar refractivity (Wildman–Crippen MR) is 71.0 cm³/mol. The van der Waals surface area contributed by atoms with Crippen molar-refractivity contribution in [3.63, 3.8) is 0 Å². The third-order valence-electron chi connectivity index (χ3n) is 3.34. The second-order valence-corrected chi connectivity index (χ2v) is 5.03. The van der Waals surface area contributed by atoms with E-state index in [0.717, 1.165) is 19.3 Å². The second-order valence-electron chi connectivity index (χ2n) is 5.03. The molecule has 0 heterocycles. The molecule has 1 saturated carbocycles. The first kappa shape index (κ1) is 15.8. The predicted octanol–water partition coefficient (Wildman–Crippen LogP) is 1.35. The summed E-state index contributed by atoms with van der Waals surface area (Å²) in [6.45, 7) is 2.61. The standard InChI is InChI=1S/C13H24N2O4/c1-3-5-9-8-11(9)15-13(18)14-10(12(16)17)6-4-7-19-2/h9-11H,3-8H2,1-2H3,(H,16,17)(H2,14,15,18). The van der Waals surface area contributed by atoms with Crippen molar-refractivity contribution in [3.8, 4) is 0 Å². The summed E-state index contributed by atoms with van der Waals surface area (Å²) < 4.78 is 4.87. The lowest BCUT2D eigenvalue weighted by Gasteiger charge is -2.15. The Bertz CT molecular complexity index is 309. The molecule has 1 rings (SSSR count). The summed E-state index contributed by atoms with van der Waals surface area (Å²) in [7, 11) is 1.57. The number of ether oxygens (including phenoxy) is 1. The third kappa shape index (κ3) is 5.92. The van der Waals surface area contributed by atoms with E-state index in [-0.39, 0.29) is 12.1 Å². The van der Waals surface area contributed by atoms with E-state index >= 15 is 0 Å². The molecule has 3 unspecified atom stereocenters. The fourth-order valence-corrected chi connectivity index (χ4v) is 2.17. The lowest BCUT2D eigenvalue weighted by Crippen LogP contribution is -2.47. The molecule has 6 nitrogen and oxygen atoms in total. The molecule has 0 aromatic rings. The lowest BCUT2D eigenvalue weighted by atomic mass is 10.1. The van der Waals surface area contributed by atoms with E-state index in [1.807, 2.05) is 0 Å². The number of carboxylic acid groups (broad SMARTS) is 1. The molecule has 0 aromatic heterocycles. The van der Waals surface area contributed by atoms with E-state index in [1.165, 1.54) is 0 Å². The van der Waals surface area contributed by atoms with Crippen LogP contribution < -0.4 is 10.6 Å². The maximum absolute atomic E-state index is 11.7. The molecular formula is C13H24N2O4. The molecule has 0 spiro atoms. The van der Waals surface area contributed by atoms with Crippen molar-refractivity contribution in [1.29, 1.82) is 0 Å². The van der Waals surface area contributed by atoms with Crippen LogP contribution in [0.5, 0.6) is 0 Å². The van der Waals surface area contributed by atoms with Gasteiger partial charge in [0.1, 0.15) is 6.04 Å². The highest BCUT2D eigenvalue weighted by atomic mass is 16.5. The van der Waals surface area contributed by atoms with Gasteiger partial charge in [-0.3, -0.25) is 0 Å². The first-order valence-electron chi connectivity index (χ1n) is 6.87. The van der Waals surface area contributed by atoms with Crippen molar-refractivity contribution in [2.45, 2.75) is 51.1 Å². The molecule has 3 atom stereocenters. The van der Waals surface area contributed by atoms with Crippen LogP contribution in [-0.2, 0) is 9.53 Å². The minimum Gasteiger partial charge on any atom is -0.480 e. The summed E-state index contributed by atoms with van der Waals surface area (Å²) in [5, 5.41) is 14.3. The molecule has 0 saturated heterocycles. The van der Waals surface area contributed by atoms with Crippen molar-refractivity contribution in [2.75, 3.05) is 13.7 Å². The lowest BCUT2D eigenvalue weighted by molar-refractivity contribution is -0.139. The van der Waals surface area contributed by atoms with Crippen LogP contribution in [0, 0.1) is 5.92 Å². The Labute approximate surface area is 113 Å². The number of hydrogen-bond acceptors (Lipinski definition) is 3. The monoisotopic (exact) mass is 272 g/mol. The molecule has 1 fully saturated rings. The van der Waals surface area contributed by atoms with Crippen LogP contribution in [-0.4, -0.2) is 42.9 Å². The molecule has 3 N–H and O–H groups in total. The smallest absolute Gasteiger partial charge is 0.326 e. The molecule has 0 bridgehead atoms. The Morgan fingerprint density at radius 1 is 1.47 bits per heavy atom. The third-order valence-corrected chi connectivity index (χ3v) is 3.34. The number of methoxy groups -OCH3 is 1. The number of nitrogens with one attached hydrogen (secondary N) is 2. The highest BCUT2D eigenvalue weighted by Crippen LogP contribution is 2.34. The van der Waals surface area contributed by atoms with E-state index < -0.39 is 12.0 Å². The molecule has 19 heavy (non-hydrogen) atoms. The van der Waals surface area contributed by atoms with Crippen LogP contribution in [0.3, 0.4) is 0 Å². The second kappa shape index (κ2) is 7.99. The number of amides is 2. The summed E-state index contributed by atoms with van der Waals surface area (Å²) in [5.74, 6) is -0.445. The van der Waals surface area contributed by atoms with Gasteiger partial charge in [-0.25, -0.2) is 9.59 Å². The molecule has 6 heteroatoms. The average molecular weight is 272 g/mol. The Balaban J connectivity index is 2.25. The van der Waals surface area contributed by atoms with Gasteiger partial charge in [-0.05, 0) is 31.6 Å². The van der Waals surface area contributed by atoms with Crippen LogP contribution in [0.2, 0.25) is 0 Å². The topological polar surface area (TPSA) is 87.7 Å². The zero-order valence-electron chi connectivity index (χ0n) is 11.6. The number of carbonyl (C=O) groups excluding carboxylic acids is 1. The van der Waals surface area contributed by atoms with Gasteiger partial charge in [0.05, 0.1) is 0 Å². The summed E-state index contributed by atoms with van der Waals surface area (Å²) in [6.07, 6.45) is 4.21. The quantitative estimate of drug-likeness (QED) is 0.553. The molecule has 1 aliphatic rings. The van der Waals surface area contributed by atoms with E-state index in [4.69, 9.17) is 9.84 Å². The van der Waals surface area contributed by atoms with E-state index in [1.54, 1.807) is 7.11 Å². The van der Waals surface area contributed by atoms with Gasteiger partial charge >= 0.3 is 12.0 Å². The Morgan fingerprint density at radius 3 is 2.79 bits per heavy atom. The average Bonchev–Trinajstić information content (AvgIpc) is 3.06. The maximum atomic E-state index is 11.7. The molecule has 110 valence electrons. The zero-order valence-corrected chi connectivity index (χ0v) is 11.6. The normalized spacial score (nSPS) is 22.6. The Morgan fingerprint density at radius 2 is 2.21 bits per heavy atom. The summed E-state index contributed by atoms with van der Waals surface area (Å²) in [5.41, 5.74) is 0. The Hall–Kier alpha value is -1.30. The first-order chi connectivity index (χ1) is 9.08. The van der Waals surface area contributed by atoms with Crippen molar-refractivity contribution < 1.29 is 19.4 Å². The molecule has 1 aliphatic carbocycles. The minimum absolute atomic E-state index is 0.216. The Kier molecular flexibility index (Phi) is 6.62. The highest BCUT2D eigenvalue weighted by Gasteiger charge is 2.37. The van der Waals surface area contributed by atoms with E-state index in [0.29, 0.717) is 25.4 Å². The van der Waals surface area contributed by atoms with Crippen LogP contribution in [0.25, 0.3) is 0 Å². The largest absolute Gasteiger partial charge is 0.480 e. The van der Waals surface area contributed by atoms with E-state index in [2.05, 4.69) is 17.6 Å². The number of aliphatic carboxylic acids is 1. The van der Waals surface area contributed by atoms with Crippen LogP contribution >= 0.6 is 0 Å². The fraction of sp³-hybridized carbons (Fsp3) is 0.846. The van der Waals surface area contributed by atoms with Crippen molar-refractivity contribution >= 4 is 12.0 Å². The minimum atomic E-state index is -1.01. The maximum Gasteiger partial charge on any atom is 0.326 e. The van der Waals surface area contributed by atoms with Crippen molar-refractivity contribution in [3.05, 3.63) is 0 Å². The SMILES string of the molecule is CCCC1CC1NC(=O)NC(CCCOC)C(=O)O. The molecule has 0 aromatic carbocycles. The highest BCUT2D eigenvalue weighted by molar-refractivity contribution is 5.82. The van der Waals surface area contributed by atoms with Crippen LogP contribution in [0.15, 0.2) is 0 Å². The van der Waals surface area contributed by atoms with Gasteiger partial charge in [0, 0.05) is 19.8 Å². The molecular weight excluding hydrogens is 248 g/mol. The first-order valence-corrected chi connectivity index (χ1v) is 6.87. The van der Waals surface area contributed by atoms with Crippen LogP contribution in [0.1, 0.15) is 39.0 Å².